The van der Waals surface area contributed by atoms with Crippen LogP contribution in [0.4, 0.5) is 0 Å². The van der Waals surface area contributed by atoms with Crippen LogP contribution in [-0.2, 0) is 4.74 Å². The Hall–Kier alpha value is -0.0800. The average Bonchev–Trinajstić information content (AvgIpc) is 1.99. The Labute approximate surface area is 68.3 Å². The molecule has 64 valence electrons. The molecule has 0 spiro atoms. The minimum absolute atomic E-state index is 0.803. The second kappa shape index (κ2) is 3.55. The van der Waals surface area contributed by atoms with Crippen LogP contribution in [0.15, 0.2) is 0 Å². The van der Waals surface area contributed by atoms with E-state index in [9.17, 15) is 0 Å². The number of hydrogen-bond acceptors (Lipinski definition) is 2. The first-order valence-electron chi connectivity index (χ1n) is 4.76. The smallest absolute Gasteiger partial charge is 0.0517 e. The van der Waals surface area contributed by atoms with Gasteiger partial charge in [0.15, 0.2) is 0 Å². The van der Waals surface area contributed by atoms with Gasteiger partial charge in [-0.3, -0.25) is 0 Å². The molecular formula is C9H17NO. The Bertz CT molecular complexity index is 117. The van der Waals surface area contributed by atoms with E-state index >= 15 is 0 Å². The number of piperidine rings is 1. The van der Waals surface area contributed by atoms with Crippen LogP contribution in [0.25, 0.3) is 0 Å². The number of nitrogens with one attached hydrogen (secondary N) is 1. The van der Waals surface area contributed by atoms with Crippen molar-refractivity contribution in [3.05, 3.63) is 0 Å². The Morgan fingerprint density at radius 3 is 2.73 bits per heavy atom. The second-order valence-electron chi connectivity index (χ2n) is 3.79. The Morgan fingerprint density at radius 2 is 2.18 bits per heavy atom. The third kappa shape index (κ3) is 1.94. The molecule has 2 heteroatoms. The molecule has 2 rings (SSSR count). The number of ether oxygens (including phenoxy) is 1. The van der Waals surface area contributed by atoms with Gasteiger partial charge in [0.05, 0.1) is 13.2 Å². The molecule has 1 unspecified atom stereocenters. The molecule has 1 N–H and O–H groups in total. The van der Waals surface area contributed by atoms with Crippen LogP contribution in [0.1, 0.15) is 25.7 Å². The maximum absolute atomic E-state index is 5.15. The Morgan fingerprint density at radius 1 is 1.27 bits per heavy atom. The molecule has 0 aliphatic carbocycles. The maximum Gasteiger partial charge on any atom is 0.0517 e. The second-order valence-corrected chi connectivity index (χ2v) is 3.79. The van der Waals surface area contributed by atoms with Gasteiger partial charge in [-0.15, -0.1) is 0 Å². The zero-order valence-corrected chi connectivity index (χ0v) is 7.01. The Balaban J connectivity index is 1.67. The highest BCUT2D eigenvalue weighted by Gasteiger charge is 2.23. The fourth-order valence-corrected chi connectivity index (χ4v) is 1.95. The molecular weight excluding hydrogens is 138 g/mol. The van der Waals surface area contributed by atoms with Crippen LogP contribution in [0.2, 0.25) is 0 Å². The third-order valence-electron chi connectivity index (χ3n) is 2.74. The van der Waals surface area contributed by atoms with Crippen LogP contribution < -0.4 is 5.32 Å². The molecule has 1 atom stereocenters. The molecule has 11 heavy (non-hydrogen) atoms. The van der Waals surface area contributed by atoms with Gasteiger partial charge in [0.2, 0.25) is 0 Å². The van der Waals surface area contributed by atoms with Gasteiger partial charge in [-0.2, -0.15) is 0 Å². The molecule has 0 radical (unpaired) electrons. The van der Waals surface area contributed by atoms with Crippen molar-refractivity contribution in [3.8, 4) is 0 Å². The predicted molar refractivity (Wildman–Crippen MR) is 44.6 cm³/mol. The molecule has 0 aromatic heterocycles. The fraction of sp³-hybridized carbons (Fsp3) is 1.00. The van der Waals surface area contributed by atoms with E-state index in [1.54, 1.807) is 0 Å². The van der Waals surface area contributed by atoms with Gasteiger partial charge in [-0.1, -0.05) is 6.42 Å². The highest BCUT2D eigenvalue weighted by molar-refractivity contribution is 4.78. The summed E-state index contributed by atoms with van der Waals surface area (Å²) in [6.45, 7) is 3.26. The third-order valence-corrected chi connectivity index (χ3v) is 2.74. The Kier molecular flexibility index (Phi) is 2.44. The molecule has 0 bridgehead atoms. The molecule has 0 aromatic rings. The summed E-state index contributed by atoms with van der Waals surface area (Å²) in [6.07, 6.45) is 5.53. The van der Waals surface area contributed by atoms with E-state index in [4.69, 9.17) is 4.74 Å². The van der Waals surface area contributed by atoms with Crippen molar-refractivity contribution in [1.29, 1.82) is 0 Å². The topological polar surface area (TPSA) is 21.3 Å². The van der Waals surface area contributed by atoms with E-state index in [0.29, 0.717) is 0 Å². The van der Waals surface area contributed by atoms with Crippen molar-refractivity contribution in [3.63, 3.8) is 0 Å². The highest BCUT2D eigenvalue weighted by Crippen LogP contribution is 2.20. The van der Waals surface area contributed by atoms with Crippen molar-refractivity contribution in [1.82, 2.24) is 5.32 Å². The molecule has 2 aliphatic heterocycles. The fourth-order valence-electron chi connectivity index (χ4n) is 1.95. The van der Waals surface area contributed by atoms with Gasteiger partial charge in [0.25, 0.3) is 0 Å². The quantitative estimate of drug-likeness (QED) is 0.646. The highest BCUT2D eigenvalue weighted by atomic mass is 16.5. The van der Waals surface area contributed by atoms with E-state index in [1.165, 1.54) is 32.2 Å². The zero-order chi connectivity index (χ0) is 7.52. The lowest BCUT2D eigenvalue weighted by Crippen LogP contribution is -2.40. The summed E-state index contributed by atoms with van der Waals surface area (Å²) in [5.74, 6) is 0.866. The molecule has 0 amide bonds. The molecule has 2 fully saturated rings. The van der Waals surface area contributed by atoms with E-state index < -0.39 is 0 Å². The van der Waals surface area contributed by atoms with Crippen molar-refractivity contribution in [2.24, 2.45) is 5.92 Å². The zero-order valence-electron chi connectivity index (χ0n) is 7.01. The lowest BCUT2D eigenvalue weighted by atomic mass is 9.93. The molecule has 0 aromatic carbocycles. The molecule has 0 saturated carbocycles. The summed E-state index contributed by atoms with van der Waals surface area (Å²) < 4.78 is 5.15. The first kappa shape index (κ1) is 7.56. The predicted octanol–water partition coefficient (Wildman–Crippen LogP) is 1.17. The van der Waals surface area contributed by atoms with Crippen molar-refractivity contribution < 1.29 is 4.74 Å². The normalized spacial score (nSPS) is 33.3. The average molecular weight is 155 g/mol. The minimum atomic E-state index is 0.803. The van der Waals surface area contributed by atoms with Gasteiger partial charge in [0.1, 0.15) is 0 Å². The largest absolute Gasteiger partial charge is 0.381 e. The van der Waals surface area contributed by atoms with E-state index in [1.807, 2.05) is 0 Å². The summed E-state index contributed by atoms with van der Waals surface area (Å²) in [5, 5.41) is 3.56. The summed E-state index contributed by atoms with van der Waals surface area (Å²) in [6, 6.07) is 0.803. The maximum atomic E-state index is 5.15. The summed E-state index contributed by atoms with van der Waals surface area (Å²) in [5.41, 5.74) is 0. The van der Waals surface area contributed by atoms with Crippen LogP contribution in [0.3, 0.4) is 0 Å². The van der Waals surface area contributed by atoms with E-state index in [-0.39, 0.29) is 0 Å². The van der Waals surface area contributed by atoms with Crippen LogP contribution in [0.5, 0.6) is 0 Å². The first-order chi connectivity index (χ1) is 5.45. The van der Waals surface area contributed by atoms with Crippen LogP contribution in [0, 0.1) is 5.92 Å². The van der Waals surface area contributed by atoms with Gasteiger partial charge < -0.3 is 10.1 Å². The number of hydrogen-bond donors (Lipinski definition) is 1. The van der Waals surface area contributed by atoms with E-state index in [0.717, 1.165) is 25.2 Å². The van der Waals surface area contributed by atoms with Crippen molar-refractivity contribution in [2.75, 3.05) is 19.8 Å². The van der Waals surface area contributed by atoms with E-state index in [2.05, 4.69) is 5.32 Å². The summed E-state index contributed by atoms with van der Waals surface area (Å²) in [4.78, 5) is 0. The van der Waals surface area contributed by atoms with Gasteiger partial charge >= 0.3 is 0 Å². The SMILES string of the molecule is C1CCC(CC2COC2)NC1. The lowest BCUT2D eigenvalue weighted by molar-refractivity contribution is -0.0407. The summed E-state index contributed by atoms with van der Waals surface area (Å²) in [7, 11) is 0. The number of rotatable bonds is 2. The lowest BCUT2D eigenvalue weighted by Gasteiger charge is -2.32. The van der Waals surface area contributed by atoms with Gasteiger partial charge in [0, 0.05) is 12.0 Å². The minimum Gasteiger partial charge on any atom is -0.381 e. The van der Waals surface area contributed by atoms with Crippen molar-refractivity contribution in [2.45, 2.75) is 31.7 Å². The van der Waals surface area contributed by atoms with Crippen LogP contribution in [-0.4, -0.2) is 25.8 Å². The molecule has 2 saturated heterocycles. The molecule has 2 heterocycles. The first-order valence-corrected chi connectivity index (χ1v) is 4.76. The monoisotopic (exact) mass is 155 g/mol. The molecule has 2 nitrogen and oxygen atoms in total. The van der Waals surface area contributed by atoms with Crippen molar-refractivity contribution >= 4 is 0 Å². The summed E-state index contributed by atoms with van der Waals surface area (Å²) >= 11 is 0. The standard InChI is InChI=1S/C9H17NO/c1-2-4-10-9(3-1)5-8-6-11-7-8/h8-10H,1-7H2. The van der Waals surface area contributed by atoms with Gasteiger partial charge in [-0.25, -0.2) is 0 Å². The van der Waals surface area contributed by atoms with Gasteiger partial charge in [-0.05, 0) is 25.8 Å². The van der Waals surface area contributed by atoms with Crippen LogP contribution >= 0.6 is 0 Å². The molecule has 2 aliphatic rings.